The lowest BCUT2D eigenvalue weighted by Gasteiger charge is -2.30. The van der Waals surface area contributed by atoms with E-state index in [0.717, 1.165) is 60.0 Å². The van der Waals surface area contributed by atoms with Gasteiger partial charge in [-0.3, -0.25) is 9.59 Å². The Morgan fingerprint density at radius 3 is 2.68 bits per heavy atom. The molecule has 0 spiro atoms. The molecule has 3 aromatic rings. The van der Waals surface area contributed by atoms with Crippen LogP contribution in [0.15, 0.2) is 36.4 Å². The highest BCUT2D eigenvalue weighted by molar-refractivity contribution is 6.30. The number of methoxy groups -OCH3 is 1. The second kappa shape index (κ2) is 13.4. The summed E-state index contributed by atoms with van der Waals surface area (Å²) in [6, 6.07) is 11.7. The highest BCUT2D eigenvalue weighted by atomic mass is 35.5. The molecule has 1 amide bonds. The predicted molar refractivity (Wildman–Crippen MR) is 144 cm³/mol. The van der Waals surface area contributed by atoms with Crippen LogP contribution in [0.1, 0.15) is 75.0 Å². The van der Waals surface area contributed by atoms with Crippen LogP contribution in [0.5, 0.6) is 5.75 Å². The molecule has 8 nitrogen and oxygen atoms in total. The molecule has 1 aliphatic rings. The first-order valence-corrected chi connectivity index (χ1v) is 13.0. The number of hydrogen-bond donors (Lipinski definition) is 3. The monoisotopic (exact) mass is 529 g/mol. The number of fused-ring (bicyclic) bond motifs is 1. The van der Waals surface area contributed by atoms with Crippen molar-refractivity contribution in [1.82, 2.24) is 14.9 Å². The summed E-state index contributed by atoms with van der Waals surface area (Å²) in [6.07, 6.45) is 5.82. The number of nitrogens with one attached hydrogen (secondary N) is 1. The van der Waals surface area contributed by atoms with Gasteiger partial charge in [-0.15, -0.1) is 0 Å². The van der Waals surface area contributed by atoms with E-state index in [1.54, 1.807) is 19.2 Å². The third-order valence-electron chi connectivity index (χ3n) is 7.03. The number of aliphatic hydroxyl groups is 1. The van der Waals surface area contributed by atoms with E-state index < -0.39 is 6.10 Å². The molecule has 9 heteroatoms. The molecule has 4 rings (SSSR count). The summed E-state index contributed by atoms with van der Waals surface area (Å²) < 4.78 is 7.96. The Morgan fingerprint density at radius 1 is 1.27 bits per heavy atom. The molecule has 1 aromatic heterocycles. The number of halogens is 1. The van der Waals surface area contributed by atoms with E-state index in [1.807, 2.05) is 25.1 Å². The number of benzene rings is 2. The zero-order valence-corrected chi connectivity index (χ0v) is 22.3. The van der Waals surface area contributed by atoms with Crippen molar-refractivity contribution >= 4 is 35.5 Å². The number of amides is 1. The maximum absolute atomic E-state index is 11.5. The number of ether oxygens (including phenoxy) is 1. The molecule has 4 unspecified atom stereocenters. The molecule has 1 saturated carbocycles. The van der Waals surface area contributed by atoms with Gasteiger partial charge < -0.3 is 24.8 Å². The molecule has 1 aliphatic carbocycles. The maximum Gasteiger partial charge on any atom is 0.290 e. The first-order chi connectivity index (χ1) is 17.8. The number of carbonyl (C=O) groups excluding carboxylic acids is 1. The van der Waals surface area contributed by atoms with E-state index in [2.05, 4.69) is 22.9 Å². The SMILES string of the molecule is COc1ccc2c(nc(C(O)c3cccc(Cl)c3)n2C2CCCC(C)C2)c1CCC(C)NC=O.O=CO. The minimum absolute atomic E-state index is 0.0373. The fourth-order valence-electron chi connectivity index (χ4n) is 5.25. The van der Waals surface area contributed by atoms with Gasteiger partial charge in [0, 0.05) is 22.7 Å². The van der Waals surface area contributed by atoms with E-state index >= 15 is 0 Å². The second-order valence-electron chi connectivity index (χ2n) is 9.67. The summed E-state index contributed by atoms with van der Waals surface area (Å²) in [5.41, 5.74) is 3.60. The fourth-order valence-corrected chi connectivity index (χ4v) is 5.45. The molecule has 37 heavy (non-hydrogen) atoms. The molecule has 1 heterocycles. The number of nitrogens with zero attached hydrogens (tertiary/aromatic N) is 2. The molecule has 200 valence electrons. The zero-order chi connectivity index (χ0) is 26.9. The van der Waals surface area contributed by atoms with E-state index in [-0.39, 0.29) is 18.6 Å². The highest BCUT2D eigenvalue weighted by Gasteiger charge is 2.29. The van der Waals surface area contributed by atoms with Crippen molar-refractivity contribution in [3.63, 3.8) is 0 Å². The lowest BCUT2D eigenvalue weighted by Crippen LogP contribution is -2.24. The summed E-state index contributed by atoms with van der Waals surface area (Å²) in [5, 5.41) is 21.8. The first-order valence-electron chi connectivity index (χ1n) is 12.6. The molecule has 3 N–H and O–H groups in total. The van der Waals surface area contributed by atoms with Gasteiger partial charge in [-0.25, -0.2) is 4.98 Å². The van der Waals surface area contributed by atoms with Crippen molar-refractivity contribution < 1.29 is 24.5 Å². The van der Waals surface area contributed by atoms with Crippen molar-refractivity contribution in [3.8, 4) is 5.75 Å². The number of rotatable bonds is 9. The number of hydrogen-bond acceptors (Lipinski definition) is 5. The van der Waals surface area contributed by atoms with Gasteiger partial charge >= 0.3 is 0 Å². The number of imidazole rings is 1. The Kier molecular flexibility index (Phi) is 10.3. The normalized spacial score (nSPS) is 18.8. The minimum atomic E-state index is -0.891. The Balaban J connectivity index is 0.00000121. The van der Waals surface area contributed by atoms with Crippen molar-refractivity contribution in [3.05, 3.63) is 58.4 Å². The van der Waals surface area contributed by atoms with E-state index in [4.69, 9.17) is 31.2 Å². The molecular formula is C28H36ClN3O5. The minimum Gasteiger partial charge on any atom is -0.496 e. The lowest BCUT2D eigenvalue weighted by atomic mass is 9.86. The van der Waals surface area contributed by atoms with Crippen molar-refractivity contribution in [2.45, 2.75) is 70.6 Å². The lowest BCUT2D eigenvalue weighted by molar-refractivity contribution is -0.122. The van der Waals surface area contributed by atoms with Crippen molar-refractivity contribution in [1.29, 1.82) is 0 Å². The largest absolute Gasteiger partial charge is 0.496 e. The van der Waals surface area contributed by atoms with E-state index in [9.17, 15) is 9.90 Å². The summed E-state index contributed by atoms with van der Waals surface area (Å²) in [7, 11) is 1.67. The summed E-state index contributed by atoms with van der Waals surface area (Å²) in [5.74, 6) is 2.04. The third-order valence-corrected chi connectivity index (χ3v) is 7.27. The third kappa shape index (κ3) is 6.81. The highest BCUT2D eigenvalue weighted by Crippen LogP contribution is 2.40. The van der Waals surface area contributed by atoms with Crippen LogP contribution in [0.25, 0.3) is 11.0 Å². The number of carbonyl (C=O) groups is 2. The average molecular weight is 530 g/mol. The molecule has 0 radical (unpaired) electrons. The Morgan fingerprint density at radius 2 is 2.03 bits per heavy atom. The number of aliphatic hydroxyl groups excluding tert-OH is 1. The molecule has 2 aromatic carbocycles. The van der Waals surface area contributed by atoms with Crippen LogP contribution < -0.4 is 10.1 Å². The van der Waals surface area contributed by atoms with E-state index in [0.29, 0.717) is 23.2 Å². The number of carboxylic acid groups (broad SMARTS) is 1. The number of aryl methyl sites for hydroxylation is 1. The maximum atomic E-state index is 11.5. The van der Waals surface area contributed by atoms with Crippen LogP contribution in [0.4, 0.5) is 0 Å². The molecule has 0 aliphatic heterocycles. The van der Waals surface area contributed by atoms with Gasteiger partial charge in [0.1, 0.15) is 17.7 Å². The van der Waals surface area contributed by atoms with Crippen LogP contribution in [0.3, 0.4) is 0 Å². The fraction of sp³-hybridized carbons (Fsp3) is 0.464. The Bertz CT molecular complexity index is 1200. The van der Waals surface area contributed by atoms with Crippen LogP contribution in [-0.2, 0) is 16.0 Å². The second-order valence-corrected chi connectivity index (χ2v) is 10.1. The standard InChI is InChI=1S/C27H34ClN3O3.CH2O2/c1-17-6-4-9-21(14-17)31-23-12-13-24(34-3)22(11-10-18(2)29-16-32)25(23)30-27(31)26(33)19-7-5-8-20(28)15-19;2-1-3/h5,7-8,12-13,15-18,21,26,33H,4,6,9-11,14H2,1-3H3,(H,29,32);1H,(H,2,3). The van der Waals surface area contributed by atoms with Gasteiger partial charge in [-0.2, -0.15) is 0 Å². The van der Waals surface area contributed by atoms with Gasteiger partial charge in [-0.1, -0.05) is 43.5 Å². The Labute approximate surface area is 222 Å². The molecule has 0 saturated heterocycles. The molecule has 0 bridgehead atoms. The summed E-state index contributed by atoms with van der Waals surface area (Å²) >= 11 is 6.24. The van der Waals surface area contributed by atoms with Gasteiger partial charge in [0.05, 0.1) is 18.1 Å². The molecule has 1 fully saturated rings. The van der Waals surface area contributed by atoms with Gasteiger partial charge in [0.2, 0.25) is 6.41 Å². The van der Waals surface area contributed by atoms with Crippen LogP contribution in [0.2, 0.25) is 5.02 Å². The summed E-state index contributed by atoms with van der Waals surface area (Å²) in [4.78, 5) is 24.3. The van der Waals surface area contributed by atoms with Gasteiger partial charge in [0.15, 0.2) is 0 Å². The first kappa shape index (κ1) is 28.5. The van der Waals surface area contributed by atoms with Gasteiger partial charge in [-0.05, 0) is 68.4 Å². The topological polar surface area (TPSA) is 114 Å². The van der Waals surface area contributed by atoms with Crippen LogP contribution in [-0.4, -0.2) is 45.8 Å². The summed E-state index contributed by atoms with van der Waals surface area (Å²) in [6.45, 7) is 4.03. The number of aromatic nitrogens is 2. The quantitative estimate of drug-likeness (QED) is 0.324. The molecule has 4 atom stereocenters. The van der Waals surface area contributed by atoms with Gasteiger partial charge in [0.25, 0.3) is 6.47 Å². The smallest absolute Gasteiger partial charge is 0.290 e. The Hall–Kier alpha value is -3.10. The van der Waals surface area contributed by atoms with Crippen molar-refractivity contribution in [2.24, 2.45) is 5.92 Å². The zero-order valence-electron chi connectivity index (χ0n) is 21.6. The molecular weight excluding hydrogens is 494 g/mol. The average Bonchev–Trinajstić information content (AvgIpc) is 3.27. The predicted octanol–water partition coefficient (Wildman–Crippen LogP) is 5.30. The van der Waals surface area contributed by atoms with Crippen molar-refractivity contribution in [2.75, 3.05) is 7.11 Å². The van der Waals surface area contributed by atoms with Crippen LogP contribution >= 0.6 is 11.6 Å². The van der Waals surface area contributed by atoms with E-state index in [1.165, 1.54) is 6.42 Å². The van der Waals surface area contributed by atoms with Crippen LogP contribution in [0, 0.1) is 5.92 Å².